The number of nitrogens with one attached hydrogen (secondary N) is 1. The number of hydrogen-bond acceptors (Lipinski definition) is 4. The average molecular weight is 247 g/mol. The maximum Gasteiger partial charge on any atom is 0.313 e. The first-order valence-corrected chi connectivity index (χ1v) is 5.67. The Balaban J connectivity index is 2.00. The third-order valence-corrected chi connectivity index (χ3v) is 2.84. The Morgan fingerprint density at radius 3 is 2.56 bits per heavy atom. The maximum atomic E-state index is 11.8. The van der Waals surface area contributed by atoms with Gasteiger partial charge in [-0.2, -0.15) is 0 Å². The van der Waals surface area contributed by atoms with Crippen LogP contribution in [0, 0.1) is 0 Å². The number of hydrogen-bond donors (Lipinski definition) is 1. The van der Waals surface area contributed by atoms with Gasteiger partial charge in [-0.05, 0) is 12.5 Å². The van der Waals surface area contributed by atoms with Gasteiger partial charge in [-0.3, -0.25) is 19.7 Å². The Hall–Kier alpha value is -2.17. The zero-order valence-corrected chi connectivity index (χ0v) is 9.88. The molecule has 0 saturated carbocycles. The third-order valence-electron chi connectivity index (χ3n) is 2.84. The summed E-state index contributed by atoms with van der Waals surface area (Å²) in [5, 5.41) is 2.10. The first kappa shape index (κ1) is 12.3. The molecule has 1 heterocycles. The highest BCUT2D eigenvalue weighted by Gasteiger charge is 2.34. The maximum absolute atomic E-state index is 11.8. The first-order valence-electron chi connectivity index (χ1n) is 5.67. The van der Waals surface area contributed by atoms with Gasteiger partial charge in [0.1, 0.15) is 0 Å². The molecule has 1 aliphatic heterocycles. The van der Waals surface area contributed by atoms with Crippen molar-refractivity contribution >= 4 is 17.8 Å². The second kappa shape index (κ2) is 5.00. The van der Waals surface area contributed by atoms with Gasteiger partial charge in [0.25, 0.3) is 5.91 Å². The highest BCUT2D eigenvalue weighted by atomic mass is 16.5. The van der Waals surface area contributed by atoms with Crippen molar-refractivity contribution in [2.45, 2.75) is 25.4 Å². The molecule has 5 heteroatoms. The number of amides is 2. The molecule has 0 aliphatic carbocycles. The largest absolute Gasteiger partial charge is 0.451 e. The number of carbonyl (C=O) groups is 3. The summed E-state index contributed by atoms with van der Waals surface area (Å²) < 4.78 is 5.04. The molecule has 0 aromatic heterocycles. The molecule has 1 fully saturated rings. The van der Waals surface area contributed by atoms with Gasteiger partial charge in [0.15, 0.2) is 6.10 Å². The van der Waals surface area contributed by atoms with Gasteiger partial charge in [-0.15, -0.1) is 0 Å². The van der Waals surface area contributed by atoms with Crippen molar-refractivity contribution in [2.24, 2.45) is 0 Å². The molecule has 0 radical (unpaired) electrons. The average Bonchev–Trinajstić information content (AvgIpc) is 2.68. The minimum Gasteiger partial charge on any atom is -0.451 e. The van der Waals surface area contributed by atoms with E-state index < -0.39 is 29.8 Å². The number of carbonyl (C=O) groups excluding carboxylic acids is 3. The summed E-state index contributed by atoms with van der Waals surface area (Å²) in [5.74, 6) is -1.93. The second-order valence-corrected chi connectivity index (χ2v) is 4.17. The van der Waals surface area contributed by atoms with Crippen LogP contribution in [-0.2, 0) is 19.1 Å². The van der Waals surface area contributed by atoms with Crippen LogP contribution in [0.4, 0.5) is 0 Å². The van der Waals surface area contributed by atoms with Crippen LogP contribution in [0.25, 0.3) is 0 Å². The Labute approximate surface area is 104 Å². The zero-order valence-electron chi connectivity index (χ0n) is 9.88. The van der Waals surface area contributed by atoms with Gasteiger partial charge in [0.05, 0.1) is 12.3 Å². The second-order valence-electron chi connectivity index (χ2n) is 4.17. The molecule has 1 saturated heterocycles. The predicted molar refractivity (Wildman–Crippen MR) is 62.5 cm³/mol. The van der Waals surface area contributed by atoms with Crippen LogP contribution in [0.5, 0.6) is 0 Å². The summed E-state index contributed by atoms with van der Waals surface area (Å²) >= 11 is 0. The number of imide groups is 1. The van der Waals surface area contributed by atoms with Gasteiger partial charge >= 0.3 is 5.97 Å². The summed E-state index contributed by atoms with van der Waals surface area (Å²) in [6.45, 7) is 1.70. The molecule has 94 valence electrons. The zero-order chi connectivity index (χ0) is 13.1. The van der Waals surface area contributed by atoms with Crippen LogP contribution < -0.4 is 5.32 Å². The molecular formula is C13H13NO4. The minimum absolute atomic E-state index is 0.0912. The SMILES string of the molecule is CC(C(=O)OC1CC(=O)NC1=O)c1ccccc1. The first-order chi connectivity index (χ1) is 8.58. The van der Waals surface area contributed by atoms with E-state index >= 15 is 0 Å². The van der Waals surface area contributed by atoms with Gasteiger partial charge in [0.2, 0.25) is 5.91 Å². The van der Waals surface area contributed by atoms with E-state index in [0.29, 0.717) is 0 Å². The van der Waals surface area contributed by atoms with E-state index in [4.69, 9.17) is 4.74 Å². The van der Waals surface area contributed by atoms with Crippen LogP contribution >= 0.6 is 0 Å². The van der Waals surface area contributed by atoms with E-state index in [2.05, 4.69) is 5.32 Å². The van der Waals surface area contributed by atoms with Crippen molar-refractivity contribution in [3.05, 3.63) is 35.9 Å². The Morgan fingerprint density at radius 2 is 2.00 bits per heavy atom. The lowest BCUT2D eigenvalue weighted by Gasteiger charge is -2.14. The van der Waals surface area contributed by atoms with Crippen molar-refractivity contribution in [3.8, 4) is 0 Å². The molecule has 1 aromatic carbocycles. The van der Waals surface area contributed by atoms with Crippen molar-refractivity contribution in [1.29, 1.82) is 0 Å². The van der Waals surface area contributed by atoms with Crippen molar-refractivity contribution in [1.82, 2.24) is 5.32 Å². The molecule has 5 nitrogen and oxygen atoms in total. The molecule has 1 aliphatic rings. The summed E-state index contributed by atoms with van der Waals surface area (Å²) in [6, 6.07) is 9.12. The topological polar surface area (TPSA) is 72.5 Å². The fourth-order valence-corrected chi connectivity index (χ4v) is 1.75. The molecule has 2 rings (SSSR count). The van der Waals surface area contributed by atoms with E-state index in [1.165, 1.54) is 0 Å². The van der Waals surface area contributed by atoms with E-state index in [1.54, 1.807) is 6.92 Å². The Bertz CT molecular complexity index is 483. The lowest BCUT2D eigenvalue weighted by atomic mass is 10.0. The van der Waals surface area contributed by atoms with Crippen molar-refractivity contribution < 1.29 is 19.1 Å². The molecule has 2 amide bonds. The fourth-order valence-electron chi connectivity index (χ4n) is 1.75. The third kappa shape index (κ3) is 2.56. The summed E-state index contributed by atoms with van der Waals surface area (Å²) in [4.78, 5) is 34.1. The Kier molecular flexibility index (Phi) is 3.41. The molecule has 18 heavy (non-hydrogen) atoms. The predicted octanol–water partition coefficient (Wildman–Crippen LogP) is 0.748. The van der Waals surface area contributed by atoms with Gasteiger partial charge in [-0.25, -0.2) is 0 Å². The van der Waals surface area contributed by atoms with Gasteiger partial charge in [-0.1, -0.05) is 30.3 Å². The van der Waals surface area contributed by atoms with E-state index in [0.717, 1.165) is 5.56 Å². The lowest BCUT2D eigenvalue weighted by Crippen LogP contribution is -2.29. The standard InChI is InChI=1S/C13H13NO4/c1-8(9-5-3-2-4-6-9)13(17)18-10-7-11(15)14-12(10)16/h2-6,8,10H,7H2,1H3,(H,14,15,16). The normalized spacial score (nSPS) is 20.4. The summed E-state index contributed by atoms with van der Waals surface area (Å²) in [5.41, 5.74) is 0.812. The molecule has 1 aromatic rings. The fraction of sp³-hybridized carbons (Fsp3) is 0.308. The summed E-state index contributed by atoms with van der Waals surface area (Å²) in [6.07, 6.45) is -1.08. The van der Waals surface area contributed by atoms with Crippen LogP contribution in [0.2, 0.25) is 0 Å². The highest BCUT2D eigenvalue weighted by molar-refractivity contribution is 6.05. The van der Waals surface area contributed by atoms with Crippen LogP contribution in [-0.4, -0.2) is 23.9 Å². The van der Waals surface area contributed by atoms with Crippen molar-refractivity contribution in [3.63, 3.8) is 0 Å². The molecule has 0 bridgehead atoms. The molecular weight excluding hydrogens is 234 g/mol. The quantitative estimate of drug-likeness (QED) is 0.632. The number of benzene rings is 1. The Morgan fingerprint density at radius 1 is 1.33 bits per heavy atom. The number of ether oxygens (including phenoxy) is 1. The van der Waals surface area contributed by atoms with Crippen LogP contribution in [0.15, 0.2) is 30.3 Å². The molecule has 0 spiro atoms. The molecule has 2 atom stereocenters. The monoisotopic (exact) mass is 247 g/mol. The highest BCUT2D eigenvalue weighted by Crippen LogP contribution is 2.18. The number of rotatable bonds is 3. The number of esters is 1. The van der Waals surface area contributed by atoms with E-state index in [-0.39, 0.29) is 6.42 Å². The molecule has 1 N–H and O–H groups in total. The lowest BCUT2D eigenvalue weighted by molar-refractivity contribution is -0.155. The van der Waals surface area contributed by atoms with Crippen LogP contribution in [0.3, 0.4) is 0 Å². The van der Waals surface area contributed by atoms with Crippen LogP contribution in [0.1, 0.15) is 24.8 Å². The summed E-state index contributed by atoms with van der Waals surface area (Å²) in [7, 11) is 0. The smallest absolute Gasteiger partial charge is 0.313 e. The van der Waals surface area contributed by atoms with E-state index in [1.807, 2.05) is 30.3 Å². The minimum atomic E-state index is -0.990. The van der Waals surface area contributed by atoms with Crippen molar-refractivity contribution in [2.75, 3.05) is 0 Å². The van der Waals surface area contributed by atoms with Gasteiger partial charge in [0, 0.05) is 0 Å². The van der Waals surface area contributed by atoms with E-state index in [9.17, 15) is 14.4 Å². The van der Waals surface area contributed by atoms with Gasteiger partial charge < -0.3 is 4.74 Å². The molecule has 2 unspecified atom stereocenters.